The van der Waals surface area contributed by atoms with Gasteiger partial charge in [-0.25, -0.2) is 8.78 Å². The van der Waals surface area contributed by atoms with E-state index in [0.29, 0.717) is 12.5 Å². The molecule has 0 N–H and O–H groups in total. The van der Waals surface area contributed by atoms with Crippen LogP contribution in [0.3, 0.4) is 0 Å². The van der Waals surface area contributed by atoms with Crippen LogP contribution in [0, 0.1) is 30.3 Å². The van der Waals surface area contributed by atoms with Crippen LogP contribution in [0.25, 0.3) is 11.1 Å². The van der Waals surface area contributed by atoms with Crippen LogP contribution in [0.2, 0.25) is 0 Å². The van der Waals surface area contributed by atoms with Crippen molar-refractivity contribution in [3.8, 4) is 22.6 Å². The van der Waals surface area contributed by atoms with Gasteiger partial charge in [0.05, 0.1) is 6.61 Å². The van der Waals surface area contributed by atoms with Gasteiger partial charge in [0.2, 0.25) is 5.82 Å². The summed E-state index contributed by atoms with van der Waals surface area (Å²) in [5, 5.41) is -0.0116. The van der Waals surface area contributed by atoms with Crippen LogP contribution >= 0.6 is 12.2 Å². The Hall–Kier alpha value is -2.28. The Morgan fingerprint density at radius 1 is 1.04 bits per heavy atom. The van der Waals surface area contributed by atoms with Gasteiger partial charge in [-0.1, -0.05) is 12.1 Å². The molecular weight excluding hydrogens is 375 g/mol. The van der Waals surface area contributed by atoms with Gasteiger partial charge in [-0.3, -0.25) is 0 Å². The van der Waals surface area contributed by atoms with Crippen LogP contribution in [0.5, 0.6) is 11.5 Å². The topological polar surface area (TPSA) is 21.7 Å². The molecule has 1 fully saturated rings. The number of aryl methyl sites for hydroxylation is 1. The minimum Gasteiger partial charge on any atom is -0.490 e. The van der Waals surface area contributed by atoms with E-state index < -0.39 is 17.5 Å². The van der Waals surface area contributed by atoms with Crippen LogP contribution in [0.1, 0.15) is 18.4 Å². The lowest BCUT2D eigenvalue weighted by molar-refractivity contribution is 0.281. The van der Waals surface area contributed by atoms with E-state index >= 15 is 4.39 Å². The second-order valence-corrected chi connectivity index (χ2v) is 7.18. The Morgan fingerprint density at radius 2 is 1.70 bits per heavy atom. The summed E-state index contributed by atoms with van der Waals surface area (Å²) < 4.78 is 54.6. The maximum Gasteiger partial charge on any atom is 0.264 e. The number of hydrogen-bond donors (Lipinski definition) is 0. The van der Waals surface area contributed by atoms with Crippen molar-refractivity contribution in [2.75, 3.05) is 20.7 Å². The van der Waals surface area contributed by atoms with Crippen LogP contribution in [-0.2, 0) is 0 Å². The zero-order valence-electron chi connectivity index (χ0n) is 15.3. The highest BCUT2D eigenvalue weighted by Gasteiger charge is 2.26. The van der Waals surface area contributed by atoms with Crippen molar-refractivity contribution in [2.24, 2.45) is 5.92 Å². The Balaban J connectivity index is 2.07. The molecule has 0 aromatic heterocycles. The van der Waals surface area contributed by atoms with E-state index in [2.05, 4.69) is 0 Å². The first kappa shape index (κ1) is 19.5. The third-order valence-electron chi connectivity index (χ3n) is 4.35. The first-order valence-electron chi connectivity index (χ1n) is 8.59. The van der Waals surface area contributed by atoms with Crippen LogP contribution in [0.15, 0.2) is 24.3 Å². The van der Waals surface area contributed by atoms with Gasteiger partial charge < -0.3 is 14.4 Å². The molecular formula is C20H20F3NO2S. The summed E-state index contributed by atoms with van der Waals surface area (Å²) in [6.45, 7) is 1.86. The van der Waals surface area contributed by atoms with Crippen molar-refractivity contribution in [3.05, 3.63) is 47.3 Å². The molecule has 7 heteroatoms. The quantitative estimate of drug-likeness (QED) is 0.657. The fraction of sp³-hybridized carbons (Fsp3) is 0.350. The average Bonchev–Trinajstić information content (AvgIpc) is 3.45. The summed E-state index contributed by atoms with van der Waals surface area (Å²) >= 11 is 5.10. The Morgan fingerprint density at radius 3 is 2.33 bits per heavy atom. The molecule has 2 aromatic carbocycles. The van der Waals surface area contributed by atoms with Crippen molar-refractivity contribution in [1.29, 1.82) is 0 Å². The number of nitrogens with zero attached hydrogens (tertiary/aromatic N) is 1. The molecule has 1 aliphatic rings. The maximum absolute atomic E-state index is 15.1. The summed E-state index contributed by atoms with van der Waals surface area (Å²) in [4.78, 5) is 1.47. The van der Waals surface area contributed by atoms with Crippen molar-refractivity contribution in [1.82, 2.24) is 4.90 Å². The molecule has 144 valence electrons. The highest BCUT2D eigenvalue weighted by atomic mass is 32.1. The first-order valence-corrected chi connectivity index (χ1v) is 8.99. The summed E-state index contributed by atoms with van der Waals surface area (Å²) in [6, 6.07) is 5.66. The number of thiocarbonyl (C=S) groups is 1. The number of halogens is 3. The first-order chi connectivity index (χ1) is 12.8. The van der Waals surface area contributed by atoms with E-state index in [4.69, 9.17) is 21.7 Å². The molecule has 0 heterocycles. The largest absolute Gasteiger partial charge is 0.490 e. The van der Waals surface area contributed by atoms with E-state index in [1.807, 2.05) is 0 Å². The number of hydrogen-bond acceptors (Lipinski definition) is 3. The monoisotopic (exact) mass is 395 g/mol. The molecule has 2 aromatic rings. The number of benzene rings is 2. The average molecular weight is 395 g/mol. The molecule has 0 radical (unpaired) electrons. The van der Waals surface area contributed by atoms with Crippen molar-refractivity contribution in [2.45, 2.75) is 19.8 Å². The molecule has 0 unspecified atom stereocenters. The lowest BCUT2D eigenvalue weighted by Gasteiger charge is -2.19. The van der Waals surface area contributed by atoms with E-state index in [1.54, 1.807) is 14.1 Å². The van der Waals surface area contributed by atoms with E-state index in [9.17, 15) is 8.78 Å². The molecule has 0 saturated heterocycles. The van der Waals surface area contributed by atoms with Gasteiger partial charge in [0.1, 0.15) is 0 Å². The van der Waals surface area contributed by atoms with E-state index in [0.717, 1.165) is 12.8 Å². The molecule has 0 aliphatic heterocycles. The summed E-state index contributed by atoms with van der Waals surface area (Å²) in [5.74, 6) is -2.71. The normalized spacial score (nSPS) is 13.4. The fourth-order valence-corrected chi connectivity index (χ4v) is 2.57. The lowest BCUT2D eigenvalue weighted by atomic mass is 10.0. The molecule has 1 aliphatic carbocycles. The standard InChI is InChI=1S/C20H20F3NO2S/c1-11-4-7-13(17(22)16(11)21)14-8-9-15(25-10-12-5-6-12)18(23)19(14)26-20(27)24(2)3/h4,7-9,12H,5-6,10H2,1-3H3. The highest BCUT2D eigenvalue weighted by molar-refractivity contribution is 7.80. The molecule has 0 bridgehead atoms. The number of rotatable bonds is 5. The zero-order chi connectivity index (χ0) is 19.7. The molecule has 0 spiro atoms. The van der Waals surface area contributed by atoms with Gasteiger partial charge in [-0.05, 0) is 55.6 Å². The molecule has 3 rings (SSSR count). The van der Waals surface area contributed by atoms with Gasteiger partial charge in [0, 0.05) is 25.2 Å². The Kier molecular flexibility index (Phi) is 5.60. The Bertz CT molecular complexity index is 882. The predicted octanol–water partition coefficient (Wildman–Crippen LogP) is 5.09. The van der Waals surface area contributed by atoms with Gasteiger partial charge in [0.15, 0.2) is 23.1 Å². The van der Waals surface area contributed by atoms with Gasteiger partial charge in [-0.15, -0.1) is 0 Å². The smallest absolute Gasteiger partial charge is 0.264 e. The maximum atomic E-state index is 15.1. The number of ether oxygens (including phenoxy) is 2. The van der Waals surface area contributed by atoms with E-state index in [-0.39, 0.29) is 33.4 Å². The van der Waals surface area contributed by atoms with Crippen LogP contribution in [0.4, 0.5) is 13.2 Å². The van der Waals surface area contributed by atoms with E-state index in [1.165, 1.54) is 36.1 Å². The molecule has 27 heavy (non-hydrogen) atoms. The third-order valence-corrected chi connectivity index (χ3v) is 4.80. The minimum absolute atomic E-state index is 0.00445. The highest BCUT2D eigenvalue weighted by Crippen LogP contribution is 2.40. The molecule has 3 nitrogen and oxygen atoms in total. The van der Waals surface area contributed by atoms with Crippen molar-refractivity contribution >= 4 is 17.4 Å². The zero-order valence-corrected chi connectivity index (χ0v) is 16.1. The Labute approximate surface area is 161 Å². The molecule has 0 atom stereocenters. The SMILES string of the molecule is Cc1ccc(-c2ccc(OCC3CC3)c(F)c2OC(=S)N(C)C)c(F)c1F. The second-order valence-electron chi connectivity index (χ2n) is 6.83. The minimum atomic E-state index is -1.07. The summed E-state index contributed by atoms with van der Waals surface area (Å²) in [5.41, 5.74) is 0.113. The van der Waals surface area contributed by atoms with Crippen molar-refractivity contribution in [3.63, 3.8) is 0 Å². The fourth-order valence-electron chi connectivity index (χ4n) is 2.49. The summed E-state index contributed by atoms with van der Waals surface area (Å²) in [7, 11) is 3.28. The lowest BCUT2D eigenvalue weighted by Crippen LogP contribution is -2.25. The van der Waals surface area contributed by atoms with Gasteiger partial charge in [-0.2, -0.15) is 4.39 Å². The predicted molar refractivity (Wildman–Crippen MR) is 102 cm³/mol. The van der Waals surface area contributed by atoms with Gasteiger partial charge >= 0.3 is 0 Å². The third kappa shape index (κ3) is 4.18. The molecule has 1 saturated carbocycles. The van der Waals surface area contributed by atoms with Crippen molar-refractivity contribution < 1.29 is 22.6 Å². The van der Waals surface area contributed by atoms with Crippen LogP contribution in [-0.4, -0.2) is 30.8 Å². The second kappa shape index (κ2) is 7.76. The molecule has 0 amide bonds. The summed E-state index contributed by atoms with van der Waals surface area (Å²) in [6.07, 6.45) is 2.11. The van der Waals surface area contributed by atoms with Gasteiger partial charge in [0.25, 0.3) is 5.17 Å². The van der Waals surface area contributed by atoms with Crippen LogP contribution < -0.4 is 9.47 Å².